The van der Waals surface area contributed by atoms with Crippen molar-refractivity contribution >= 4 is 34.7 Å². The fourth-order valence-corrected chi connectivity index (χ4v) is 6.56. The summed E-state index contributed by atoms with van der Waals surface area (Å²) < 4.78 is 0. The number of hydrogen-bond donors (Lipinski definition) is 2. The summed E-state index contributed by atoms with van der Waals surface area (Å²) in [6.07, 6.45) is 7.07. The number of halogens is 2. The first-order valence-electron chi connectivity index (χ1n) is 13.1. The summed E-state index contributed by atoms with van der Waals surface area (Å²) in [5.74, 6) is 0.907. The van der Waals surface area contributed by atoms with Crippen molar-refractivity contribution < 1.29 is 0 Å². The fourth-order valence-electron chi connectivity index (χ4n) is 6.04. The van der Waals surface area contributed by atoms with Crippen molar-refractivity contribution in [1.29, 1.82) is 0 Å². The van der Waals surface area contributed by atoms with E-state index in [-0.39, 0.29) is 5.54 Å². The van der Waals surface area contributed by atoms with Crippen LogP contribution in [0, 0.1) is 0 Å². The lowest BCUT2D eigenvalue weighted by Gasteiger charge is -2.34. The van der Waals surface area contributed by atoms with Crippen LogP contribution >= 0.6 is 23.2 Å². The molecule has 6 rings (SSSR count). The highest BCUT2D eigenvalue weighted by molar-refractivity contribution is 6.36. The molecule has 2 saturated heterocycles. The second-order valence-corrected chi connectivity index (χ2v) is 11.1. The van der Waals surface area contributed by atoms with Gasteiger partial charge in [0.05, 0.1) is 11.2 Å². The van der Waals surface area contributed by atoms with E-state index in [1.807, 2.05) is 24.4 Å². The van der Waals surface area contributed by atoms with E-state index < -0.39 is 0 Å². The van der Waals surface area contributed by atoms with Crippen molar-refractivity contribution in [2.75, 3.05) is 49.5 Å². The van der Waals surface area contributed by atoms with Gasteiger partial charge in [0.15, 0.2) is 0 Å². The molecule has 0 amide bonds. The monoisotopic (exact) mass is 521 g/mol. The van der Waals surface area contributed by atoms with Gasteiger partial charge < -0.3 is 20.4 Å². The predicted molar refractivity (Wildman–Crippen MR) is 150 cm³/mol. The molecule has 2 fully saturated rings. The van der Waals surface area contributed by atoms with Crippen molar-refractivity contribution in [3.63, 3.8) is 0 Å². The Balaban J connectivity index is 1.26. The summed E-state index contributed by atoms with van der Waals surface area (Å²) in [6, 6.07) is 17.1. The number of pyridine rings is 1. The minimum absolute atomic E-state index is 0.0753. The molecule has 1 unspecified atom stereocenters. The number of hydrogen-bond acceptors (Lipinski definition) is 5. The van der Waals surface area contributed by atoms with E-state index in [1.165, 1.54) is 49.9 Å². The number of aromatic nitrogens is 1. The molecule has 5 nitrogen and oxygen atoms in total. The van der Waals surface area contributed by atoms with Gasteiger partial charge in [-0.25, -0.2) is 4.98 Å². The van der Waals surface area contributed by atoms with E-state index in [1.54, 1.807) is 0 Å². The van der Waals surface area contributed by atoms with Crippen LogP contribution in [-0.2, 0) is 12.1 Å². The normalized spacial score (nSPS) is 22.0. The van der Waals surface area contributed by atoms with E-state index in [2.05, 4.69) is 50.8 Å². The lowest BCUT2D eigenvalue weighted by atomic mass is 9.86. The molecular weight excluding hydrogens is 489 g/mol. The van der Waals surface area contributed by atoms with Gasteiger partial charge in [0.2, 0.25) is 0 Å². The molecule has 2 N–H and O–H groups in total. The summed E-state index contributed by atoms with van der Waals surface area (Å²) >= 11 is 13.0. The van der Waals surface area contributed by atoms with Crippen LogP contribution in [0.5, 0.6) is 0 Å². The van der Waals surface area contributed by atoms with Crippen LogP contribution in [0.25, 0.3) is 11.1 Å². The third-order valence-electron chi connectivity index (χ3n) is 8.00. The van der Waals surface area contributed by atoms with Crippen molar-refractivity contribution in [3.05, 3.63) is 75.9 Å². The quantitative estimate of drug-likeness (QED) is 0.406. The van der Waals surface area contributed by atoms with Crippen molar-refractivity contribution in [1.82, 2.24) is 15.2 Å². The second kappa shape index (κ2) is 10.2. The predicted octanol–water partition coefficient (Wildman–Crippen LogP) is 6.16. The Kier molecular flexibility index (Phi) is 6.82. The van der Waals surface area contributed by atoms with Gasteiger partial charge in [-0.1, -0.05) is 53.5 Å². The summed E-state index contributed by atoms with van der Waals surface area (Å²) in [4.78, 5) is 9.72. The zero-order valence-corrected chi connectivity index (χ0v) is 22.1. The second-order valence-electron chi connectivity index (χ2n) is 10.3. The third-order valence-corrected chi connectivity index (χ3v) is 8.71. The molecule has 7 heteroatoms. The molecule has 0 bridgehead atoms. The number of rotatable bonds is 6. The lowest BCUT2D eigenvalue weighted by molar-refractivity contribution is 0.227. The highest BCUT2D eigenvalue weighted by Crippen LogP contribution is 2.37. The van der Waals surface area contributed by atoms with Crippen molar-refractivity contribution in [2.24, 2.45) is 0 Å². The Morgan fingerprint density at radius 3 is 2.39 bits per heavy atom. The highest BCUT2D eigenvalue weighted by atomic mass is 35.5. The Morgan fingerprint density at radius 2 is 1.67 bits per heavy atom. The molecule has 1 atom stereocenters. The lowest BCUT2D eigenvalue weighted by Crippen LogP contribution is -2.46. The summed E-state index contributed by atoms with van der Waals surface area (Å²) in [7, 11) is 0. The van der Waals surface area contributed by atoms with Crippen molar-refractivity contribution in [3.8, 4) is 11.1 Å². The molecule has 0 spiro atoms. The summed E-state index contributed by atoms with van der Waals surface area (Å²) in [5.41, 5.74) is 5.82. The first-order chi connectivity index (χ1) is 17.6. The fraction of sp³-hybridized carbons (Fsp3) is 0.414. The molecule has 3 aliphatic heterocycles. The van der Waals surface area contributed by atoms with E-state index in [9.17, 15) is 0 Å². The molecule has 36 heavy (non-hydrogen) atoms. The average Bonchev–Trinajstić information content (AvgIpc) is 3.60. The van der Waals surface area contributed by atoms with Gasteiger partial charge >= 0.3 is 0 Å². The molecule has 2 aromatic carbocycles. The van der Waals surface area contributed by atoms with Gasteiger partial charge in [-0.2, -0.15) is 0 Å². The van der Waals surface area contributed by atoms with Crippen molar-refractivity contribution in [2.45, 2.75) is 37.8 Å². The number of nitrogens with one attached hydrogen (secondary N) is 2. The molecule has 3 aromatic rings. The molecule has 0 saturated carbocycles. The standard InChI is InChI=1S/C29H33Cl2N5/c30-25-5-3-6-26(31)24(25)19-36-16-13-32-28-27(36)17-22(18-33-28)21-7-9-23(10-8-21)29(11-4-12-34-29)20-35-14-1-2-15-35/h3,5-10,17-18,34H,1-2,4,11-16,19-20H2,(H,32,33). The van der Waals surface area contributed by atoms with Gasteiger partial charge in [0.1, 0.15) is 5.82 Å². The van der Waals surface area contributed by atoms with Crippen LogP contribution in [-0.4, -0.2) is 49.2 Å². The number of benzene rings is 2. The van der Waals surface area contributed by atoms with Crippen LogP contribution in [0.3, 0.4) is 0 Å². The highest BCUT2D eigenvalue weighted by Gasteiger charge is 2.37. The van der Waals surface area contributed by atoms with E-state index >= 15 is 0 Å². The zero-order chi connectivity index (χ0) is 24.5. The van der Waals surface area contributed by atoms with Gasteiger partial charge in [-0.15, -0.1) is 0 Å². The topological polar surface area (TPSA) is 43.4 Å². The number of nitrogens with zero attached hydrogens (tertiary/aromatic N) is 3. The molecule has 188 valence electrons. The molecule has 3 aliphatic rings. The average molecular weight is 523 g/mol. The maximum Gasteiger partial charge on any atom is 0.149 e. The van der Waals surface area contributed by atoms with Crippen LogP contribution < -0.4 is 15.5 Å². The minimum Gasteiger partial charge on any atom is -0.367 e. The Hall–Kier alpha value is -2.31. The molecule has 1 aromatic heterocycles. The number of anilines is 2. The van der Waals surface area contributed by atoms with E-state index in [4.69, 9.17) is 28.2 Å². The smallest absolute Gasteiger partial charge is 0.149 e. The molecular formula is C29H33Cl2N5. The van der Waals surface area contributed by atoms with Crippen LogP contribution in [0.4, 0.5) is 11.5 Å². The van der Waals surface area contributed by atoms with Gasteiger partial charge in [-0.05, 0) is 74.6 Å². The van der Waals surface area contributed by atoms with E-state index in [0.717, 1.165) is 48.8 Å². The van der Waals surface area contributed by atoms with Gasteiger partial charge in [0.25, 0.3) is 0 Å². The first kappa shape index (κ1) is 24.1. The maximum atomic E-state index is 6.49. The van der Waals surface area contributed by atoms with E-state index in [0.29, 0.717) is 16.6 Å². The zero-order valence-electron chi connectivity index (χ0n) is 20.6. The Morgan fingerprint density at radius 1 is 0.889 bits per heavy atom. The maximum absolute atomic E-state index is 6.49. The Bertz CT molecular complexity index is 1200. The molecule has 0 aliphatic carbocycles. The van der Waals surface area contributed by atoms with Crippen LogP contribution in [0.15, 0.2) is 54.7 Å². The molecule has 4 heterocycles. The Labute approximate surface area is 223 Å². The largest absolute Gasteiger partial charge is 0.367 e. The van der Waals surface area contributed by atoms with Crippen LogP contribution in [0.1, 0.15) is 36.8 Å². The number of likely N-dealkylation sites (tertiary alicyclic amines) is 1. The first-order valence-corrected chi connectivity index (χ1v) is 13.9. The minimum atomic E-state index is 0.0753. The third kappa shape index (κ3) is 4.70. The molecule has 0 radical (unpaired) electrons. The van der Waals surface area contributed by atoms with Crippen LogP contribution in [0.2, 0.25) is 10.0 Å². The summed E-state index contributed by atoms with van der Waals surface area (Å²) in [5, 5.41) is 8.70. The SMILES string of the molecule is Clc1cccc(Cl)c1CN1CCNc2ncc(-c3ccc(C4(CN5CCCC5)CCCN4)cc3)cc21. The summed E-state index contributed by atoms with van der Waals surface area (Å²) in [6.45, 7) is 7.02. The van der Waals surface area contributed by atoms with Gasteiger partial charge in [-0.3, -0.25) is 0 Å². The van der Waals surface area contributed by atoms with Gasteiger partial charge in [0, 0.05) is 53.5 Å². The number of fused-ring (bicyclic) bond motifs is 1.